The molecule has 0 saturated heterocycles. The van der Waals surface area contributed by atoms with Gasteiger partial charge >= 0.3 is 12.1 Å². The molecule has 1 aliphatic heterocycles. The van der Waals surface area contributed by atoms with Crippen molar-refractivity contribution in [2.24, 2.45) is 10.9 Å². The number of hydrogen-bond acceptors (Lipinski definition) is 7. The number of alkyl halides is 3. The van der Waals surface area contributed by atoms with E-state index in [2.05, 4.69) is 26.3 Å². The molecule has 2 atom stereocenters. The Hall–Kier alpha value is -3.93. The zero-order chi connectivity index (χ0) is 27.7. The number of rotatable bonds is 11. The Morgan fingerprint density at radius 1 is 1.16 bits per heavy atom. The predicted molar refractivity (Wildman–Crippen MR) is 137 cm³/mol. The van der Waals surface area contributed by atoms with Crippen LogP contribution in [-0.4, -0.2) is 54.9 Å². The topological polar surface area (TPSA) is 132 Å². The molecule has 1 unspecified atom stereocenters. The maximum Gasteiger partial charge on any atom is 0.416 e. The van der Waals surface area contributed by atoms with Gasteiger partial charge in [0.1, 0.15) is 12.3 Å². The van der Waals surface area contributed by atoms with E-state index in [1.807, 2.05) is 0 Å². The van der Waals surface area contributed by atoms with E-state index in [1.165, 1.54) is 6.07 Å². The third kappa shape index (κ3) is 8.58. The van der Waals surface area contributed by atoms with Crippen LogP contribution in [0.1, 0.15) is 41.3 Å². The predicted octanol–water partition coefficient (Wildman–Crippen LogP) is 3.53. The molecular weight excluding hydrogens is 503 g/mol. The Kier molecular flexibility index (Phi) is 9.83. The molecule has 0 radical (unpaired) electrons. The molecule has 1 amide bonds. The average molecular weight is 534 g/mol. The summed E-state index contributed by atoms with van der Waals surface area (Å²) in [6, 6.07) is 8.50. The molecule has 2 aromatic carbocycles. The van der Waals surface area contributed by atoms with Gasteiger partial charge in [-0.05, 0) is 61.7 Å². The van der Waals surface area contributed by atoms with Crippen LogP contribution in [-0.2, 0) is 22.2 Å². The summed E-state index contributed by atoms with van der Waals surface area (Å²) < 4.78 is 40.5. The number of aliphatic carboxylic acids is 1. The number of nitrogens with one attached hydrogen (secondary N) is 4. The maximum absolute atomic E-state index is 13.5. The standard InChI is InChI=1S/C26H30F3N5O4/c1-16(15-35)7-10-30-22(24(37)38)11-17-3-5-20(6-4-17)33-23(36)18-12-19(26(27,28)29)14-21(13-18)34-25-31-8-2-9-32-25/h3-6,12-16,22,30H,2,7-11H2,1H3,(H,33,36)(H,37,38)(H2,31,32,34)/t16?,22-/m0/s1. The number of carboxylic acid groups (broad SMARTS) is 1. The fourth-order valence-corrected chi connectivity index (χ4v) is 3.71. The van der Waals surface area contributed by atoms with Crippen LogP contribution in [0.5, 0.6) is 0 Å². The van der Waals surface area contributed by atoms with E-state index in [4.69, 9.17) is 0 Å². The molecule has 1 heterocycles. The third-order valence-electron chi connectivity index (χ3n) is 5.85. The lowest BCUT2D eigenvalue weighted by Gasteiger charge is -2.18. The van der Waals surface area contributed by atoms with Crippen molar-refractivity contribution in [2.75, 3.05) is 30.3 Å². The van der Waals surface area contributed by atoms with E-state index < -0.39 is 29.7 Å². The molecule has 5 N–H and O–H groups in total. The Morgan fingerprint density at radius 2 is 1.89 bits per heavy atom. The number of hydrogen-bond donors (Lipinski definition) is 5. The first kappa shape index (κ1) is 28.6. The lowest BCUT2D eigenvalue weighted by Crippen LogP contribution is -2.39. The van der Waals surface area contributed by atoms with Gasteiger partial charge < -0.3 is 31.2 Å². The number of anilines is 2. The highest BCUT2D eigenvalue weighted by molar-refractivity contribution is 6.05. The summed E-state index contributed by atoms with van der Waals surface area (Å²) in [5.41, 5.74) is -0.0823. The zero-order valence-corrected chi connectivity index (χ0v) is 20.8. The molecule has 0 fully saturated rings. The minimum absolute atomic E-state index is 0.0724. The molecule has 1 aliphatic rings. The molecule has 0 saturated carbocycles. The number of amides is 1. The van der Waals surface area contributed by atoms with E-state index in [9.17, 15) is 32.7 Å². The van der Waals surface area contributed by atoms with Gasteiger partial charge in [-0.1, -0.05) is 19.1 Å². The SMILES string of the molecule is CC(C=O)CCN[C@@H](Cc1ccc(NC(=O)c2cc(NC3=NCCCN3)cc(C(F)(F)F)c2)cc1)C(=O)O. The molecule has 0 bridgehead atoms. The monoisotopic (exact) mass is 533 g/mol. The first-order valence-corrected chi connectivity index (χ1v) is 12.1. The van der Waals surface area contributed by atoms with Crippen molar-refractivity contribution in [3.63, 3.8) is 0 Å². The van der Waals surface area contributed by atoms with E-state index in [1.54, 1.807) is 31.2 Å². The molecule has 0 aromatic heterocycles. The fourth-order valence-electron chi connectivity index (χ4n) is 3.71. The van der Waals surface area contributed by atoms with E-state index in [0.29, 0.717) is 43.3 Å². The molecule has 9 nitrogen and oxygen atoms in total. The minimum Gasteiger partial charge on any atom is -0.480 e. The number of carboxylic acids is 1. The number of carbonyl (C=O) groups excluding carboxylic acids is 2. The molecule has 0 aliphatic carbocycles. The van der Waals surface area contributed by atoms with E-state index in [-0.39, 0.29) is 23.6 Å². The van der Waals surface area contributed by atoms with Crippen molar-refractivity contribution in [3.05, 3.63) is 59.2 Å². The van der Waals surface area contributed by atoms with Crippen LogP contribution in [0.2, 0.25) is 0 Å². The second-order valence-electron chi connectivity index (χ2n) is 9.03. The molecule has 204 valence electrons. The second-order valence-corrected chi connectivity index (χ2v) is 9.03. The van der Waals surface area contributed by atoms with Crippen molar-refractivity contribution in [3.8, 4) is 0 Å². The normalized spacial score (nSPS) is 15.0. The smallest absolute Gasteiger partial charge is 0.416 e. The number of guanidine groups is 1. The van der Waals surface area contributed by atoms with Crippen molar-refractivity contribution in [1.29, 1.82) is 0 Å². The van der Waals surface area contributed by atoms with Crippen LogP contribution in [0.3, 0.4) is 0 Å². The van der Waals surface area contributed by atoms with Crippen LogP contribution >= 0.6 is 0 Å². The Bertz CT molecular complexity index is 1170. The average Bonchev–Trinajstić information content (AvgIpc) is 2.88. The first-order chi connectivity index (χ1) is 18.0. The summed E-state index contributed by atoms with van der Waals surface area (Å²) in [5, 5.41) is 20.7. The minimum atomic E-state index is -4.66. The molecule has 2 aromatic rings. The van der Waals surface area contributed by atoms with Crippen molar-refractivity contribution < 1.29 is 32.7 Å². The summed E-state index contributed by atoms with van der Waals surface area (Å²) in [6.45, 7) is 3.29. The fraction of sp³-hybridized carbons (Fsp3) is 0.385. The van der Waals surface area contributed by atoms with Crippen LogP contribution in [0.25, 0.3) is 0 Å². The number of halogens is 3. The molecular formula is C26H30F3N5O4. The first-order valence-electron chi connectivity index (χ1n) is 12.1. The Morgan fingerprint density at radius 3 is 2.50 bits per heavy atom. The van der Waals surface area contributed by atoms with Crippen LogP contribution in [0.15, 0.2) is 47.5 Å². The number of aldehydes is 1. The number of carbonyl (C=O) groups is 3. The van der Waals surface area contributed by atoms with E-state index >= 15 is 0 Å². The van der Waals surface area contributed by atoms with Gasteiger partial charge in [0.15, 0.2) is 5.96 Å². The van der Waals surface area contributed by atoms with Gasteiger partial charge in [-0.2, -0.15) is 13.2 Å². The second kappa shape index (κ2) is 13.0. The highest BCUT2D eigenvalue weighted by Crippen LogP contribution is 2.32. The van der Waals surface area contributed by atoms with Gasteiger partial charge in [0.2, 0.25) is 0 Å². The number of aliphatic imine (C=N–C) groups is 1. The van der Waals surface area contributed by atoms with Gasteiger partial charge in [-0.25, -0.2) is 0 Å². The Labute approximate surface area is 217 Å². The van der Waals surface area contributed by atoms with Gasteiger partial charge in [-0.15, -0.1) is 0 Å². The highest BCUT2D eigenvalue weighted by atomic mass is 19.4. The zero-order valence-electron chi connectivity index (χ0n) is 20.8. The largest absolute Gasteiger partial charge is 0.480 e. The third-order valence-corrected chi connectivity index (χ3v) is 5.85. The molecule has 12 heteroatoms. The summed E-state index contributed by atoms with van der Waals surface area (Å²) in [4.78, 5) is 39.3. The summed E-state index contributed by atoms with van der Waals surface area (Å²) in [5.74, 6) is -1.62. The van der Waals surface area contributed by atoms with Crippen molar-refractivity contribution in [2.45, 2.75) is 38.4 Å². The quantitative estimate of drug-likeness (QED) is 0.279. The summed E-state index contributed by atoms with van der Waals surface area (Å²) in [6.07, 6.45) is -2.36. The Balaban J connectivity index is 1.69. The maximum atomic E-state index is 13.5. The number of nitrogens with zero attached hydrogens (tertiary/aromatic N) is 1. The van der Waals surface area contributed by atoms with Gasteiger partial charge in [-0.3, -0.25) is 14.6 Å². The molecule has 0 spiro atoms. The van der Waals surface area contributed by atoms with Crippen LogP contribution < -0.4 is 21.3 Å². The van der Waals surface area contributed by atoms with Gasteiger partial charge in [0.05, 0.1) is 5.56 Å². The van der Waals surface area contributed by atoms with Gasteiger partial charge in [0.25, 0.3) is 5.91 Å². The van der Waals surface area contributed by atoms with Crippen LogP contribution in [0, 0.1) is 5.92 Å². The summed E-state index contributed by atoms with van der Waals surface area (Å²) in [7, 11) is 0. The van der Waals surface area contributed by atoms with Gasteiger partial charge in [0, 0.05) is 35.9 Å². The highest BCUT2D eigenvalue weighted by Gasteiger charge is 2.32. The lowest BCUT2D eigenvalue weighted by atomic mass is 10.0. The summed E-state index contributed by atoms with van der Waals surface area (Å²) >= 11 is 0. The molecule has 3 rings (SSSR count). The molecule has 38 heavy (non-hydrogen) atoms. The van der Waals surface area contributed by atoms with Crippen molar-refractivity contribution in [1.82, 2.24) is 10.6 Å². The van der Waals surface area contributed by atoms with Crippen LogP contribution in [0.4, 0.5) is 24.5 Å². The van der Waals surface area contributed by atoms with E-state index in [0.717, 1.165) is 24.8 Å². The number of benzene rings is 2. The lowest BCUT2D eigenvalue weighted by molar-refractivity contribution is -0.139. The van der Waals surface area contributed by atoms with Crippen molar-refractivity contribution >= 4 is 35.5 Å².